The van der Waals surface area contributed by atoms with Crippen LogP contribution in [0.15, 0.2) is 0 Å². The molecule has 142 valence electrons. The van der Waals surface area contributed by atoms with E-state index in [0.717, 1.165) is 43.2 Å². The van der Waals surface area contributed by atoms with Crippen LogP contribution in [0.1, 0.15) is 71.6 Å². The van der Waals surface area contributed by atoms with E-state index in [2.05, 4.69) is 25.8 Å². The van der Waals surface area contributed by atoms with E-state index in [1.807, 2.05) is 0 Å². The zero-order valence-corrected chi connectivity index (χ0v) is 16.5. The number of fused-ring (bicyclic) bond motifs is 5. The summed E-state index contributed by atoms with van der Waals surface area (Å²) in [6.45, 7) is 7.06. The van der Waals surface area contributed by atoms with E-state index < -0.39 is 0 Å². The summed E-state index contributed by atoms with van der Waals surface area (Å²) >= 11 is 0. The molecule has 0 aromatic rings. The van der Waals surface area contributed by atoms with Gasteiger partial charge in [0.15, 0.2) is 0 Å². The molecule has 5 fully saturated rings. The summed E-state index contributed by atoms with van der Waals surface area (Å²) in [6, 6.07) is 0. The zero-order valence-electron chi connectivity index (χ0n) is 16.5. The SMILES string of the molecule is CN1CCO[C@@]12CC[C@@]1(C)[C@@H](CC[C@@H]3[C@@H]1CC[C@]1(C)[C@@H](O)CC[C@@H]31)C2. The number of rotatable bonds is 0. The Labute approximate surface area is 153 Å². The lowest BCUT2D eigenvalue weighted by Gasteiger charge is -2.62. The average molecular weight is 348 g/mol. The standard InChI is InChI=1S/C22H37NO2/c1-20-10-11-22(23(3)12-13-25-22)14-15(20)4-5-16-17-6-7-19(24)21(17,2)9-8-18(16)20/h15-19,24H,4-14H2,1-3H3/t15-,16-,17-,18-,19-,20-,21-,22+/m0/s1. The van der Waals surface area contributed by atoms with Crippen molar-refractivity contribution in [3.05, 3.63) is 0 Å². The Morgan fingerprint density at radius 1 is 0.920 bits per heavy atom. The fraction of sp³-hybridized carbons (Fsp3) is 1.00. The summed E-state index contributed by atoms with van der Waals surface area (Å²) in [6.07, 6.45) is 11.5. The summed E-state index contributed by atoms with van der Waals surface area (Å²) < 4.78 is 6.32. The van der Waals surface area contributed by atoms with Gasteiger partial charge in [0, 0.05) is 6.54 Å². The van der Waals surface area contributed by atoms with Gasteiger partial charge in [-0.2, -0.15) is 0 Å². The van der Waals surface area contributed by atoms with Gasteiger partial charge in [0.05, 0.1) is 12.7 Å². The first-order chi connectivity index (χ1) is 11.9. The Hall–Kier alpha value is -0.120. The molecule has 3 nitrogen and oxygen atoms in total. The van der Waals surface area contributed by atoms with Crippen LogP contribution in [0.5, 0.6) is 0 Å². The largest absolute Gasteiger partial charge is 0.393 e. The lowest BCUT2D eigenvalue weighted by atomic mass is 9.44. The van der Waals surface area contributed by atoms with Crippen molar-refractivity contribution in [3.8, 4) is 0 Å². The third-order valence-corrected chi connectivity index (χ3v) is 10.1. The van der Waals surface area contributed by atoms with Crippen molar-refractivity contribution in [2.45, 2.75) is 83.5 Å². The molecule has 4 saturated carbocycles. The third-order valence-electron chi connectivity index (χ3n) is 10.1. The lowest BCUT2D eigenvalue weighted by molar-refractivity contribution is -0.185. The predicted molar refractivity (Wildman–Crippen MR) is 99.0 cm³/mol. The first-order valence-corrected chi connectivity index (χ1v) is 10.9. The molecule has 25 heavy (non-hydrogen) atoms. The highest BCUT2D eigenvalue weighted by Gasteiger charge is 2.62. The van der Waals surface area contributed by atoms with Gasteiger partial charge in [-0.15, -0.1) is 0 Å². The van der Waals surface area contributed by atoms with E-state index in [-0.39, 0.29) is 17.2 Å². The highest BCUT2D eigenvalue weighted by molar-refractivity contribution is 5.11. The lowest BCUT2D eigenvalue weighted by Crippen LogP contribution is -2.58. The fourth-order valence-corrected chi connectivity index (χ4v) is 8.35. The molecule has 1 N–H and O–H groups in total. The number of hydrogen-bond acceptors (Lipinski definition) is 3. The minimum absolute atomic E-state index is 0.0425. The van der Waals surface area contributed by atoms with Crippen molar-refractivity contribution in [1.82, 2.24) is 4.90 Å². The Bertz CT molecular complexity index is 552. The van der Waals surface area contributed by atoms with Crippen molar-refractivity contribution < 1.29 is 9.84 Å². The number of hydrogen-bond donors (Lipinski definition) is 1. The van der Waals surface area contributed by atoms with Crippen LogP contribution in [0, 0.1) is 34.5 Å². The normalized spacial score (nSPS) is 58.8. The summed E-state index contributed by atoms with van der Waals surface area (Å²) in [5.74, 6) is 3.37. The second-order valence-electron chi connectivity index (χ2n) is 10.7. The van der Waals surface area contributed by atoms with Crippen molar-refractivity contribution in [1.29, 1.82) is 0 Å². The van der Waals surface area contributed by atoms with E-state index in [9.17, 15) is 5.11 Å². The molecule has 4 aliphatic carbocycles. The summed E-state index contributed by atoms with van der Waals surface area (Å²) in [7, 11) is 2.27. The number of aliphatic hydroxyl groups excluding tert-OH is 1. The number of aliphatic hydroxyl groups is 1. The van der Waals surface area contributed by atoms with Gasteiger partial charge in [-0.3, -0.25) is 4.90 Å². The Morgan fingerprint density at radius 2 is 1.72 bits per heavy atom. The molecule has 1 aliphatic heterocycles. The molecule has 5 aliphatic rings. The number of ether oxygens (including phenoxy) is 1. The number of nitrogens with zero attached hydrogens (tertiary/aromatic N) is 1. The minimum Gasteiger partial charge on any atom is -0.393 e. The predicted octanol–water partition coefficient (Wildman–Crippen LogP) is 4.05. The molecule has 5 rings (SSSR count). The summed E-state index contributed by atoms with van der Waals surface area (Å²) in [5.41, 5.74) is 0.786. The van der Waals surface area contributed by atoms with E-state index in [0.29, 0.717) is 5.41 Å². The van der Waals surface area contributed by atoms with Gasteiger partial charge in [-0.05, 0) is 99.3 Å². The van der Waals surface area contributed by atoms with E-state index in [4.69, 9.17) is 4.74 Å². The van der Waals surface area contributed by atoms with Crippen molar-refractivity contribution in [2.24, 2.45) is 34.5 Å². The van der Waals surface area contributed by atoms with Crippen LogP contribution in [-0.4, -0.2) is 42.0 Å². The average Bonchev–Trinajstić information content (AvgIpc) is 3.09. The van der Waals surface area contributed by atoms with Crippen LogP contribution in [0.25, 0.3) is 0 Å². The topological polar surface area (TPSA) is 32.7 Å². The van der Waals surface area contributed by atoms with Gasteiger partial charge in [0.1, 0.15) is 5.72 Å². The quantitative estimate of drug-likeness (QED) is 0.717. The minimum atomic E-state index is -0.0425. The van der Waals surface area contributed by atoms with Crippen molar-refractivity contribution in [3.63, 3.8) is 0 Å². The molecule has 0 bridgehead atoms. The first-order valence-electron chi connectivity index (χ1n) is 10.9. The maximum Gasteiger partial charge on any atom is 0.121 e. The zero-order chi connectivity index (χ0) is 17.4. The Balaban J connectivity index is 1.41. The van der Waals surface area contributed by atoms with Crippen LogP contribution < -0.4 is 0 Å². The van der Waals surface area contributed by atoms with E-state index in [1.54, 1.807) is 0 Å². The van der Waals surface area contributed by atoms with Crippen LogP contribution in [0.3, 0.4) is 0 Å². The molecule has 1 saturated heterocycles. The Morgan fingerprint density at radius 3 is 2.48 bits per heavy atom. The third kappa shape index (κ3) is 2.15. The molecule has 0 amide bonds. The fourth-order valence-electron chi connectivity index (χ4n) is 8.35. The number of likely N-dealkylation sites (N-methyl/N-ethyl adjacent to an activating group) is 1. The Kier molecular flexibility index (Phi) is 3.71. The molecule has 0 radical (unpaired) electrons. The second kappa shape index (κ2) is 5.45. The molecule has 3 heteroatoms. The maximum absolute atomic E-state index is 10.6. The van der Waals surface area contributed by atoms with E-state index in [1.165, 1.54) is 51.4 Å². The van der Waals surface area contributed by atoms with Gasteiger partial charge in [-0.25, -0.2) is 0 Å². The molecule has 1 spiro atoms. The molecule has 0 aromatic carbocycles. The molecule has 0 aromatic heterocycles. The van der Waals surface area contributed by atoms with Crippen molar-refractivity contribution in [2.75, 3.05) is 20.2 Å². The monoisotopic (exact) mass is 347 g/mol. The van der Waals surface area contributed by atoms with Gasteiger partial charge < -0.3 is 9.84 Å². The van der Waals surface area contributed by atoms with Gasteiger partial charge in [0.25, 0.3) is 0 Å². The molecule has 8 atom stereocenters. The molecular formula is C22H37NO2. The molecular weight excluding hydrogens is 310 g/mol. The summed E-state index contributed by atoms with van der Waals surface area (Å²) in [4.78, 5) is 2.50. The van der Waals surface area contributed by atoms with Crippen LogP contribution in [0.4, 0.5) is 0 Å². The van der Waals surface area contributed by atoms with Crippen LogP contribution in [0.2, 0.25) is 0 Å². The van der Waals surface area contributed by atoms with Gasteiger partial charge in [-0.1, -0.05) is 13.8 Å². The first kappa shape index (κ1) is 17.0. The van der Waals surface area contributed by atoms with Crippen molar-refractivity contribution >= 4 is 0 Å². The summed E-state index contributed by atoms with van der Waals surface area (Å²) in [5, 5.41) is 10.6. The molecule has 1 heterocycles. The van der Waals surface area contributed by atoms with Gasteiger partial charge in [0.2, 0.25) is 0 Å². The van der Waals surface area contributed by atoms with Gasteiger partial charge >= 0.3 is 0 Å². The highest BCUT2D eigenvalue weighted by Crippen LogP contribution is 2.67. The van der Waals surface area contributed by atoms with Crippen LogP contribution >= 0.6 is 0 Å². The maximum atomic E-state index is 10.6. The highest BCUT2D eigenvalue weighted by atomic mass is 16.5. The smallest absolute Gasteiger partial charge is 0.121 e. The second-order valence-corrected chi connectivity index (χ2v) is 10.7. The van der Waals surface area contributed by atoms with Crippen LogP contribution in [-0.2, 0) is 4.74 Å². The van der Waals surface area contributed by atoms with E-state index >= 15 is 0 Å². The molecule has 0 unspecified atom stereocenters.